The summed E-state index contributed by atoms with van der Waals surface area (Å²) in [7, 11) is 0. The standard InChI is InChI=1S/C19H21N5O/c1-12-10-20-11-18(21-12)14-5-7-24(8-6-14)19(25)15-3-4-16-17(9-15)23-13(2)22-16/h3-4,9-11,14H,5-8H2,1-2H3,(H,22,23). The van der Waals surface area contributed by atoms with Gasteiger partial charge in [0.25, 0.3) is 5.91 Å². The number of amides is 1. The first kappa shape index (κ1) is 15.7. The van der Waals surface area contributed by atoms with Crippen molar-refractivity contribution in [3.63, 3.8) is 0 Å². The van der Waals surface area contributed by atoms with E-state index in [9.17, 15) is 4.79 Å². The minimum Gasteiger partial charge on any atom is -0.342 e. The van der Waals surface area contributed by atoms with Crippen molar-refractivity contribution in [3.05, 3.63) is 53.4 Å². The molecule has 6 nitrogen and oxygen atoms in total. The molecule has 0 unspecified atom stereocenters. The molecule has 0 bridgehead atoms. The molecule has 2 aromatic heterocycles. The first-order chi connectivity index (χ1) is 12.1. The Labute approximate surface area is 146 Å². The lowest BCUT2D eigenvalue weighted by Crippen LogP contribution is -2.38. The van der Waals surface area contributed by atoms with Gasteiger partial charge >= 0.3 is 0 Å². The number of likely N-dealkylation sites (tertiary alicyclic amines) is 1. The number of rotatable bonds is 2. The Hall–Kier alpha value is -2.76. The van der Waals surface area contributed by atoms with Crippen LogP contribution >= 0.6 is 0 Å². The van der Waals surface area contributed by atoms with Gasteiger partial charge in [0.1, 0.15) is 5.82 Å². The number of benzene rings is 1. The third kappa shape index (κ3) is 3.12. The summed E-state index contributed by atoms with van der Waals surface area (Å²) in [4.78, 5) is 31.1. The highest BCUT2D eigenvalue weighted by Gasteiger charge is 2.25. The topological polar surface area (TPSA) is 74.8 Å². The molecular weight excluding hydrogens is 314 g/mol. The minimum absolute atomic E-state index is 0.0860. The molecule has 0 radical (unpaired) electrons. The van der Waals surface area contributed by atoms with Gasteiger partial charge in [-0.25, -0.2) is 4.98 Å². The molecule has 3 heterocycles. The molecule has 3 aromatic rings. The maximum absolute atomic E-state index is 12.8. The lowest BCUT2D eigenvalue weighted by Gasteiger charge is -2.31. The molecule has 1 fully saturated rings. The van der Waals surface area contributed by atoms with Crippen LogP contribution in [0.25, 0.3) is 11.0 Å². The molecule has 0 aliphatic carbocycles. The van der Waals surface area contributed by atoms with Crippen LogP contribution in [-0.4, -0.2) is 43.8 Å². The maximum Gasteiger partial charge on any atom is 0.253 e. The van der Waals surface area contributed by atoms with Crippen molar-refractivity contribution in [1.82, 2.24) is 24.8 Å². The van der Waals surface area contributed by atoms with E-state index in [1.807, 2.05) is 43.1 Å². The number of carbonyl (C=O) groups is 1. The van der Waals surface area contributed by atoms with Gasteiger partial charge in [0, 0.05) is 37.0 Å². The Morgan fingerprint density at radius 3 is 2.72 bits per heavy atom. The number of nitrogens with one attached hydrogen (secondary N) is 1. The Morgan fingerprint density at radius 1 is 1.16 bits per heavy atom. The zero-order chi connectivity index (χ0) is 17.4. The Kier molecular flexibility index (Phi) is 3.95. The fourth-order valence-electron chi connectivity index (χ4n) is 3.51. The van der Waals surface area contributed by atoms with E-state index < -0.39 is 0 Å². The SMILES string of the molecule is Cc1cncc(C2CCN(C(=O)c3ccc4nc(C)[nH]c4c3)CC2)n1. The predicted molar refractivity (Wildman–Crippen MR) is 95.5 cm³/mol. The number of imidazole rings is 1. The molecule has 1 N–H and O–H groups in total. The zero-order valence-corrected chi connectivity index (χ0v) is 14.5. The largest absolute Gasteiger partial charge is 0.342 e. The van der Waals surface area contributed by atoms with Gasteiger partial charge in [0.05, 0.1) is 22.4 Å². The van der Waals surface area contributed by atoms with E-state index in [0.29, 0.717) is 11.5 Å². The van der Waals surface area contributed by atoms with Crippen LogP contribution in [0.2, 0.25) is 0 Å². The average Bonchev–Trinajstić information content (AvgIpc) is 3.00. The Morgan fingerprint density at radius 2 is 1.96 bits per heavy atom. The number of nitrogens with zero attached hydrogens (tertiary/aromatic N) is 4. The molecule has 6 heteroatoms. The highest BCUT2D eigenvalue weighted by molar-refractivity contribution is 5.97. The molecule has 0 atom stereocenters. The first-order valence-corrected chi connectivity index (χ1v) is 8.64. The fraction of sp³-hybridized carbons (Fsp3) is 0.368. The number of aromatic nitrogens is 4. The van der Waals surface area contributed by atoms with Gasteiger partial charge in [0.2, 0.25) is 0 Å². The van der Waals surface area contributed by atoms with Gasteiger partial charge in [0.15, 0.2) is 0 Å². The van der Waals surface area contributed by atoms with Crippen molar-refractivity contribution in [2.75, 3.05) is 13.1 Å². The molecule has 1 aliphatic rings. The molecule has 1 saturated heterocycles. The molecule has 1 aromatic carbocycles. The summed E-state index contributed by atoms with van der Waals surface area (Å²) in [5, 5.41) is 0. The minimum atomic E-state index is 0.0860. The van der Waals surface area contributed by atoms with Crippen LogP contribution in [0.3, 0.4) is 0 Å². The van der Waals surface area contributed by atoms with E-state index in [1.165, 1.54) is 0 Å². The molecule has 25 heavy (non-hydrogen) atoms. The number of aromatic amines is 1. The molecule has 0 saturated carbocycles. The van der Waals surface area contributed by atoms with Gasteiger partial charge in [-0.05, 0) is 44.9 Å². The second-order valence-electron chi connectivity index (χ2n) is 6.71. The molecule has 4 rings (SSSR count). The highest BCUT2D eigenvalue weighted by Crippen LogP contribution is 2.27. The van der Waals surface area contributed by atoms with Crippen LogP contribution in [0.4, 0.5) is 0 Å². The van der Waals surface area contributed by atoms with E-state index in [0.717, 1.165) is 54.2 Å². The van der Waals surface area contributed by atoms with E-state index >= 15 is 0 Å². The van der Waals surface area contributed by atoms with Crippen LogP contribution in [0, 0.1) is 13.8 Å². The Balaban J connectivity index is 1.46. The normalized spacial score (nSPS) is 15.7. The molecule has 1 aliphatic heterocycles. The third-order valence-electron chi connectivity index (χ3n) is 4.82. The number of aryl methyl sites for hydroxylation is 2. The van der Waals surface area contributed by atoms with Gasteiger partial charge < -0.3 is 9.88 Å². The molecular formula is C19H21N5O. The van der Waals surface area contributed by atoms with Gasteiger partial charge in [-0.15, -0.1) is 0 Å². The van der Waals surface area contributed by atoms with Gasteiger partial charge in [-0.2, -0.15) is 0 Å². The summed E-state index contributed by atoms with van der Waals surface area (Å²) in [5.41, 5.74) is 4.50. The van der Waals surface area contributed by atoms with Gasteiger partial charge in [-0.3, -0.25) is 14.8 Å². The molecule has 1 amide bonds. The second kappa shape index (κ2) is 6.27. The first-order valence-electron chi connectivity index (χ1n) is 8.64. The van der Waals surface area contributed by atoms with Crippen molar-refractivity contribution in [2.45, 2.75) is 32.6 Å². The number of hydrogen-bond donors (Lipinski definition) is 1. The monoisotopic (exact) mass is 335 g/mol. The van der Waals surface area contributed by atoms with Crippen molar-refractivity contribution in [3.8, 4) is 0 Å². The quantitative estimate of drug-likeness (QED) is 0.781. The third-order valence-corrected chi connectivity index (χ3v) is 4.82. The molecule has 128 valence electrons. The summed E-state index contributed by atoms with van der Waals surface area (Å²) < 4.78 is 0. The van der Waals surface area contributed by atoms with Crippen LogP contribution < -0.4 is 0 Å². The number of hydrogen-bond acceptors (Lipinski definition) is 4. The maximum atomic E-state index is 12.8. The predicted octanol–water partition coefficient (Wildman–Crippen LogP) is 2.99. The smallest absolute Gasteiger partial charge is 0.253 e. The Bertz CT molecular complexity index is 924. The number of carbonyl (C=O) groups excluding carboxylic acids is 1. The number of fused-ring (bicyclic) bond motifs is 1. The van der Waals surface area contributed by atoms with Crippen LogP contribution in [0.1, 0.15) is 46.3 Å². The van der Waals surface area contributed by atoms with Gasteiger partial charge in [-0.1, -0.05) is 0 Å². The lowest BCUT2D eigenvalue weighted by atomic mass is 9.93. The van der Waals surface area contributed by atoms with Crippen molar-refractivity contribution < 1.29 is 4.79 Å². The number of piperidine rings is 1. The fourth-order valence-corrected chi connectivity index (χ4v) is 3.51. The summed E-state index contributed by atoms with van der Waals surface area (Å²) in [6.07, 6.45) is 5.48. The zero-order valence-electron chi connectivity index (χ0n) is 14.5. The van der Waals surface area contributed by atoms with Crippen molar-refractivity contribution in [1.29, 1.82) is 0 Å². The van der Waals surface area contributed by atoms with E-state index in [2.05, 4.69) is 19.9 Å². The lowest BCUT2D eigenvalue weighted by molar-refractivity contribution is 0.0712. The van der Waals surface area contributed by atoms with Crippen LogP contribution in [-0.2, 0) is 0 Å². The van der Waals surface area contributed by atoms with E-state index in [1.54, 1.807) is 6.20 Å². The summed E-state index contributed by atoms with van der Waals surface area (Å²) in [6.45, 7) is 5.38. The molecule has 0 spiro atoms. The summed E-state index contributed by atoms with van der Waals surface area (Å²) >= 11 is 0. The number of H-pyrrole nitrogens is 1. The van der Waals surface area contributed by atoms with Crippen molar-refractivity contribution in [2.24, 2.45) is 0 Å². The van der Waals surface area contributed by atoms with E-state index in [-0.39, 0.29) is 5.91 Å². The van der Waals surface area contributed by atoms with E-state index in [4.69, 9.17) is 0 Å². The summed E-state index contributed by atoms with van der Waals surface area (Å²) in [6, 6.07) is 5.67. The van der Waals surface area contributed by atoms with Crippen LogP contribution in [0.5, 0.6) is 0 Å². The summed E-state index contributed by atoms with van der Waals surface area (Å²) in [5.74, 6) is 1.33. The highest BCUT2D eigenvalue weighted by atomic mass is 16.2. The van der Waals surface area contributed by atoms with Crippen molar-refractivity contribution >= 4 is 16.9 Å². The second-order valence-corrected chi connectivity index (χ2v) is 6.71. The average molecular weight is 335 g/mol. The van der Waals surface area contributed by atoms with Crippen LogP contribution in [0.15, 0.2) is 30.6 Å².